The minimum absolute atomic E-state index is 0.317. The molecule has 0 N–H and O–H groups in total. The van der Waals surface area contributed by atoms with E-state index < -0.39 is 0 Å². The van der Waals surface area contributed by atoms with Gasteiger partial charge in [-0.1, -0.05) is 78.1 Å². The van der Waals surface area contributed by atoms with Gasteiger partial charge in [0.05, 0.1) is 18.0 Å². The molecule has 3 rings (SSSR count). The van der Waals surface area contributed by atoms with E-state index in [1.807, 2.05) is 19.1 Å². The second kappa shape index (κ2) is 13.5. The molecular formula is C28H41FN2O. The normalized spacial score (nSPS) is 18.6. The Labute approximate surface area is 194 Å². The number of benzene rings is 1. The number of ether oxygens (including phenoxy) is 1. The number of hydrogen-bond acceptors (Lipinski definition) is 3. The molecule has 1 aromatic carbocycles. The average molecular weight is 441 g/mol. The van der Waals surface area contributed by atoms with Crippen LogP contribution >= 0.6 is 0 Å². The first-order valence-corrected chi connectivity index (χ1v) is 12.9. The number of aromatic nitrogens is 2. The van der Waals surface area contributed by atoms with Crippen molar-refractivity contribution in [1.29, 1.82) is 0 Å². The highest BCUT2D eigenvalue weighted by Gasteiger charge is 2.21. The summed E-state index contributed by atoms with van der Waals surface area (Å²) in [5.41, 5.74) is 2.06. The van der Waals surface area contributed by atoms with Crippen molar-refractivity contribution in [3.63, 3.8) is 0 Å². The van der Waals surface area contributed by atoms with E-state index in [1.165, 1.54) is 76.7 Å². The summed E-state index contributed by atoms with van der Waals surface area (Å²) in [5.74, 6) is 2.02. The number of aryl methyl sites for hydroxylation is 1. The molecule has 0 aliphatic heterocycles. The van der Waals surface area contributed by atoms with Crippen molar-refractivity contribution in [3.05, 3.63) is 41.8 Å². The van der Waals surface area contributed by atoms with Crippen molar-refractivity contribution in [2.75, 3.05) is 6.61 Å². The van der Waals surface area contributed by atoms with Gasteiger partial charge in [-0.3, -0.25) is 0 Å². The van der Waals surface area contributed by atoms with Gasteiger partial charge in [0, 0.05) is 11.6 Å². The van der Waals surface area contributed by atoms with Crippen LogP contribution in [0.15, 0.2) is 30.3 Å². The largest absolute Gasteiger partial charge is 0.494 e. The Balaban J connectivity index is 1.40. The van der Waals surface area contributed by atoms with Crippen molar-refractivity contribution >= 4 is 0 Å². The Bertz CT molecular complexity index is 785. The summed E-state index contributed by atoms with van der Waals surface area (Å²) < 4.78 is 20.0. The van der Waals surface area contributed by atoms with Crippen molar-refractivity contribution in [2.45, 2.75) is 97.3 Å². The Hall–Kier alpha value is -1.97. The van der Waals surface area contributed by atoms with Crippen LogP contribution in [-0.4, -0.2) is 16.8 Å². The van der Waals surface area contributed by atoms with Gasteiger partial charge in [0.25, 0.3) is 0 Å². The molecule has 1 heterocycles. The zero-order chi connectivity index (χ0) is 22.6. The van der Waals surface area contributed by atoms with E-state index in [0.717, 1.165) is 30.4 Å². The highest BCUT2D eigenvalue weighted by molar-refractivity contribution is 5.60. The van der Waals surface area contributed by atoms with Crippen molar-refractivity contribution in [3.8, 4) is 17.0 Å². The Morgan fingerprint density at radius 3 is 2.25 bits per heavy atom. The fraction of sp³-hybridized carbons (Fsp3) is 0.643. The predicted octanol–water partition coefficient (Wildman–Crippen LogP) is 8.17. The van der Waals surface area contributed by atoms with Crippen LogP contribution in [0.4, 0.5) is 4.39 Å². The quantitative estimate of drug-likeness (QED) is 0.295. The van der Waals surface area contributed by atoms with Crippen LogP contribution in [0.2, 0.25) is 0 Å². The smallest absolute Gasteiger partial charge is 0.136 e. The van der Waals surface area contributed by atoms with Crippen molar-refractivity contribution in [1.82, 2.24) is 10.2 Å². The van der Waals surface area contributed by atoms with Gasteiger partial charge in [-0.15, -0.1) is 0 Å². The van der Waals surface area contributed by atoms with Crippen molar-refractivity contribution in [2.24, 2.45) is 11.8 Å². The summed E-state index contributed by atoms with van der Waals surface area (Å²) in [6.07, 6.45) is 17.0. The summed E-state index contributed by atoms with van der Waals surface area (Å²) in [4.78, 5) is 0. The molecule has 0 bridgehead atoms. The lowest BCUT2D eigenvalue weighted by Gasteiger charge is -2.28. The minimum atomic E-state index is -0.317. The van der Waals surface area contributed by atoms with Crippen LogP contribution in [0.1, 0.15) is 96.6 Å². The fourth-order valence-electron chi connectivity index (χ4n) is 4.85. The third kappa shape index (κ3) is 7.86. The SMILES string of the molecule is CCCCCCCC1CCC(CCc2ccc(-c3ccc(OCCC)cc3F)nn2)CC1. The molecule has 0 saturated heterocycles. The monoisotopic (exact) mass is 440 g/mol. The van der Waals surface area contributed by atoms with Crippen LogP contribution in [-0.2, 0) is 6.42 Å². The van der Waals surface area contributed by atoms with Crippen LogP contribution in [0.3, 0.4) is 0 Å². The fourth-order valence-corrected chi connectivity index (χ4v) is 4.85. The van der Waals surface area contributed by atoms with E-state index in [1.54, 1.807) is 12.1 Å². The molecule has 1 aliphatic rings. The van der Waals surface area contributed by atoms with Gasteiger partial charge < -0.3 is 4.74 Å². The lowest BCUT2D eigenvalue weighted by atomic mass is 9.78. The van der Waals surface area contributed by atoms with E-state index >= 15 is 0 Å². The number of halogens is 1. The maximum absolute atomic E-state index is 14.5. The Kier molecular flexibility index (Phi) is 10.4. The number of hydrogen-bond donors (Lipinski definition) is 0. The second-order valence-electron chi connectivity index (χ2n) is 9.53. The molecule has 1 fully saturated rings. The number of unbranched alkanes of at least 4 members (excludes halogenated alkanes) is 4. The summed E-state index contributed by atoms with van der Waals surface area (Å²) in [5, 5.41) is 8.69. The van der Waals surface area contributed by atoms with Gasteiger partial charge in [0.1, 0.15) is 11.6 Å². The number of rotatable bonds is 13. The van der Waals surface area contributed by atoms with Gasteiger partial charge in [0.2, 0.25) is 0 Å². The standard InChI is InChI=1S/C28H41FN2O/c1-3-5-6-7-8-9-22-10-12-23(13-11-22)14-15-24-16-19-28(31-30-24)26-18-17-25(21-27(26)29)32-20-4-2/h16-19,21-23H,3-15,20H2,1-2H3. The molecule has 0 atom stereocenters. The molecule has 176 valence electrons. The molecule has 3 nitrogen and oxygen atoms in total. The lowest BCUT2D eigenvalue weighted by molar-refractivity contribution is 0.248. The molecule has 32 heavy (non-hydrogen) atoms. The van der Waals surface area contributed by atoms with Gasteiger partial charge in [-0.05, 0) is 55.4 Å². The molecule has 1 aliphatic carbocycles. The first-order valence-electron chi connectivity index (χ1n) is 12.9. The minimum Gasteiger partial charge on any atom is -0.494 e. The predicted molar refractivity (Wildman–Crippen MR) is 130 cm³/mol. The number of nitrogens with zero attached hydrogens (tertiary/aromatic N) is 2. The zero-order valence-electron chi connectivity index (χ0n) is 20.1. The van der Waals surface area contributed by atoms with Crippen LogP contribution < -0.4 is 4.74 Å². The summed E-state index contributed by atoms with van der Waals surface area (Å²) >= 11 is 0. The van der Waals surface area contributed by atoms with Gasteiger partial charge in [0.15, 0.2) is 0 Å². The van der Waals surface area contributed by atoms with E-state index in [2.05, 4.69) is 17.1 Å². The molecule has 0 unspecified atom stereocenters. The van der Waals surface area contributed by atoms with Crippen LogP contribution in [0, 0.1) is 17.7 Å². The average Bonchev–Trinajstić information content (AvgIpc) is 2.82. The van der Waals surface area contributed by atoms with E-state index in [9.17, 15) is 4.39 Å². The first-order chi connectivity index (χ1) is 15.7. The van der Waals surface area contributed by atoms with E-state index in [-0.39, 0.29) is 5.82 Å². The van der Waals surface area contributed by atoms with Gasteiger partial charge >= 0.3 is 0 Å². The van der Waals surface area contributed by atoms with Crippen molar-refractivity contribution < 1.29 is 9.13 Å². The zero-order valence-corrected chi connectivity index (χ0v) is 20.1. The molecule has 1 saturated carbocycles. The van der Waals surface area contributed by atoms with E-state index in [4.69, 9.17) is 4.74 Å². The molecular weight excluding hydrogens is 399 g/mol. The second-order valence-corrected chi connectivity index (χ2v) is 9.53. The molecule has 2 aromatic rings. The topological polar surface area (TPSA) is 35.0 Å². The van der Waals surface area contributed by atoms with E-state index in [0.29, 0.717) is 23.6 Å². The molecule has 4 heteroatoms. The Morgan fingerprint density at radius 2 is 1.59 bits per heavy atom. The maximum atomic E-state index is 14.5. The summed E-state index contributed by atoms with van der Waals surface area (Å²) in [7, 11) is 0. The Morgan fingerprint density at radius 1 is 0.844 bits per heavy atom. The molecule has 0 radical (unpaired) electrons. The van der Waals surface area contributed by atoms with Gasteiger partial charge in [-0.25, -0.2) is 4.39 Å². The van der Waals surface area contributed by atoms with Crippen LogP contribution in [0.25, 0.3) is 11.3 Å². The maximum Gasteiger partial charge on any atom is 0.136 e. The highest BCUT2D eigenvalue weighted by atomic mass is 19.1. The third-order valence-electron chi connectivity index (χ3n) is 6.90. The summed E-state index contributed by atoms with van der Waals surface area (Å²) in [6, 6.07) is 8.85. The molecule has 1 aromatic heterocycles. The summed E-state index contributed by atoms with van der Waals surface area (Å²) in [6.45, 7) is 4.90. The highest BCUT2D eigenvalue weighted by Crippen LogP contribution is 2.34. The van der Waals surface area contributed by atoms with Gasteiger partial charge in [-0.2, -0.15) is 10.2 Å². The molecule has 0 amide bonds. The van der Waals surface area contributed by atoms with Crippen LogP contribution in [0.5, 0.6) is 5.75 Å². The lowest BCUT2D eigenvalue weighted by Crippen LogP contribution is -2.15. The third-order valence-corrected chi connectivity index (χ3v) is 6.90. The first kappa shape index (κ1) is 24.7. The molecule has 0 spiro atoms.